The second-order valence-electron chi connectivity index (χ2n) is 2.40. The quantitative estimate of drug-likeness (QED) is 0.538. The van der Waals surface area contributed by atoms with Gasteiger partial charge in [0.2, 0.25) is 11.6 Å². The van der Waals surface area contributed by atoms with Crippen LogP contribution in [0.5, 0.6) is 0 Å². The van der Waals surface area contributed by atoms with E-state index in [1.54, 1.807) is 0 Å². The van der Waals surface area contributed by atoms with Gasteiger partial charge in [-0.05, 0) is 21.5 Å². The van der Waals surface area contributed by atoms with Crippen LogP contribution in [0.2, 0.25) is 5.15 Å². The first-order valence-electron chi connectivity index (χ1n) is 3.40. The summed E-state index contributed by atoms with van der Waals surface area (Å²) in [4.78, 5) is 13.2. The third-order valence-corrected chi connectivity index (χ3v) is 1.80. The highest BCUT2D eigenvalue weighted by molar-refractivity contribution is 6.32. The summed E-state index contributed by atoms with van der Waals surface area (Å²) in [6.07, 6.45) is 1.11. The molecule has 0 aliphatic rings. The highest BCUT2D eigenvalue weighted by Crippen LogP contribution is 2.18. The molecule has 0 bridgehead atoms. The summed E-state index contributed by atoms with van der Waals surface area (Å²) >= 11 is 5.63. The van der Waals surface area contributed by atoms with Gasteiger partial charge in [-0.1, -0.05) is 0 Å². The first-order chi connectivity index (χ1) is 6.59. The highest BCUT2D eigenvalue weighted by atomic mass is 35.5. The van der Waals surface area contributed by atoms with Gasteiger partial charge >= 0.3 is 5.82 Å². The van der Waals surface area contributed by atoms with Crippen LogP contribution in [0.25, 0.3) is 5.65 Å². The molecule has 9 heteroatoms. The summed E-state index contributed by atoms with van der Waals surface area (Å²) in [6.45, 7) is 0. The van der Waals surface area contributed by atoms with Gasteiger partial charge in [0.15, 0.2) is 0 Å². The van der Waals surface area contributed by atoms with E-state index in [2.05, 4.69) is 15.2 Å². The molecule has 0 aliphatic heterocycles. The first kappa shape index (κ1) is 8.63. The lowest BCUT2D eigenvalue weighted by Crippen LogP contribution is -1.99. The molecule has 0 unspecified atom stereocenters. The molecule has 2 aromatic rings. The average Bonchev–Trinajstić information content (AvgIpc) is 2.48. The third kappa shape index (κ3) is 1.12. The standard InChI is InChI=1S/C5H3ClN6O2/c6-3-4-9-10-5(7)11(4)1-2(8-3)12(13)14/h1H,(H2,7,10). The van der Waals surface area contributed by atoms with E-state index in [1.807, 2.05) is 0 Å². The fourth-order valence-corrected chi connectivity index (χ4v) is 1.17. The molecule has 0 radical (unpaired) electrons. The Balaban J connectivity index is 2.82. The smallest absolute Gasteiger partial charge is 0.368 e. The van der Waals surface area contributed by atoms with Gasteiger partial charge in [0.1, 0.15) is 6.20 Å². The van der Waals surface area contributed by atoms with E-state index in [-0.39, 0.29) is 16.7 Å². The van der Waals surface area contributed by atoms with E-state index in [0.717, 1.165) is 6.20 Å². The number of nitrogens with zero attached hydrogens (tertiary/aromatic N) is 5. The van der Waals surface area contributed by atoms with Crippen molar-refractivity contribution in [2.24, 2.45) is 0 Å². The van der Waals surface area contributed by atoms with Crippen molar-refractivity contribution in [1.29, 1.82) is 0 Å². The van der Waals surface area contributed by atoms with Crippen LogP contribution in [-0.4, -0.2) is 24.5 Å². The minimum atomic E-state index is -0.676. The Hall–Kier alpha value is -1.96. The third-order valence-electron chi connectivity index (χ3n) is 1.55. The molecule has 0 fully saturated rings. The zero-order valence-corrected chi connectivity index (χ0v) is 7.34. The van der Waals surface area contributed by atoms with Crippen LogP contribution in [0, 0.1) is 10.1 Å². The zero-order valence-electron chi connectivity index (χ0n) is 6.59. The van der Waals surface area contributed by atoms with Crippen LogP contribution >= 0.6 is 11.6 Å². The molecule has 0 saturated heterocycles. The molecular weight excluding hydrogens is 212 g/mol. The maximum atomic E-state index is 10.4. The number of fused-ring (bicyclic) bond motifs is 1. The normalized spacial score (nSPS) is 10.6. The molecule has 2 heterocycles. The molecule has 2 rings (SSSR count). The van der Waals surface area contributed by atoms with E-state index in [9.17, 15) is 10.1 Å². The second-order valence-corrected chi connectivity index (χ2v) is 2.76. The molecule has 8 nitrogen and oxygen atoms in total. The number of halogens is 1. The van der Waals surface area contributed by atoms with Gasteiger partial charge in [-0.15, -0.1) is 10.2 Å². The summed E-state index contributed by atoms with van der Waals surface area (Å²) in [7, 11) is 0. The van der Waals surface area contributed by atoms with Gasteiger partial charge < -0.3 is 15.8 Å². The minimum absolute atomic E-state index is 0.0207. The number of rotatable bonds is 1. The predicted octanol–water partition coefficient (Wildman–Crippen LogP) is 0.268. The Morgan fingerprint density at radius 2 is 2.29 bits per heavy atom. The lowest BCUT2D eigenvalue weighted by atomic mass is 10.6. The van der Waals surface area contributed by atoms with Crippen LogP contribution < -0.4 is 5.73 Å². The van der Waals surface area contributed by atoms with Crippen molar-refractivity contribution in [2.75, 3.05) is 5.73 Å². The van der Waals surface area contributed by atoms with Crippen molar-refractivity contribution in [3.8, 4) is 0 Å². The highest BCUT2D eigenvalue weighted by Gasteiger charge is 2.17. The Kier molecular flexibility index (Phi) is 1.71. The summed E-state index contributed by atoms with van der Waals surface area (Å²) in [6, 6.07) is 0. The Bertz CT molecular complexity index is 522. The largest absolute Gasteiger partial charge is 0.382 e. The molecule has 0 atom stereocenters. The van der Waals surface area contributed by atoms with Crippen LogP contribution in [0.4, 0.5) is 11.8 Å². The van der Waals surface area contributed by atoms with Crippen molar-refractivity contribution in [2.45, 2.75) is 0 Å². The van der Waals surface area contributed by atoms with Crippen LogP contribution in [0.3, 0.4) is 0 Å². The molecule has 0 spiro atoms. The monoisotopic (exact) mass is 214 g/mol. The Morgan fingerprint density at radius 1 is 1.57 bits per heavy atom. The molecule has 0 aromatic carbocycles. The predicted molar refractivity (Wildman–Crippen MR) is 46.9 cm³/mol. The topological polar surface area (TPSA) is 112 Å². The van der Waals surface area contributed by atoms with E-state index in [4.69, 9.17) is 17.3 Å². The zero-order chi connectivity index (χ0) is 10.3. The Morgan fingerprint density at radius 3 is 2.93 bits per heavy atom. The molecule has 0 amide bonds. The van der Waals surface area contributed by atoms with Gasteiger partial charge in [0.25, 0.3) is 5.15 Å². The Labute approximate surface area is 81.5 Å². The van der Waals surface area contributed by atoms with Gasteiger partial charge in [-0.3, -0.25) is 4.40 Å². The molecule has 2 N–H and O–H groups in total. The molecule has 14 heavy (non-hydrogen) atoms. The van der Waals surface area contributed by atoms with Crippen molar-refractivity contribution >= 4 is 29.0 Å². The number of nitro groups is 1. The van der Waals surface area contributed by atoms with Gasteiger partial charge in [-0.25, -0.2) is 0 Å². The molecule has 0 saturated carbocycles. The maximum Gasteiger partial charge on any atom is 0.382 e. The number of aromatic nitrogens is 4. The van der Waals surface area contributed by atoms with Gasteiger partial charge in [0.05, 0.1) is 0 Å². The van der Waals surface area contributed by atoms with Crippen LogP contribution in [0.1, 0.15) is 0 Å². The summed E-state index contributed by atoms with van der Waals surface area (Å²) in [5.74, 6) is -0.388. The molecular formula is C5H3ClN6O2. The van der Waals surface area contributed by atoms with Crippen molar-refractivity contribution < 1.29 is 4.92 Å². The number of nitrogens with two attached hydrogens (primary N) is 1. The van der Waals surface area contributed by atoms with Gasteiger partial charge in [0, 0.05) is 0 Å². The lowest BCUT2D eigenvalue weighted by molar-refractivity contribution is -0.389. The number of nitrogen functional groups attached to an aromatic ring is 1. The van der Waals surface area contributed by atoms with Crippen molar-refractivity contribution in [3.63, 3.8) is 0 Å². The van der Waals surface area contributed by atoms with E-state index in [0.29, 0.717) is 0 Å². The van der Waals surface area contributed by atoms with E-state index in [1.165, 1.54) is 4.40 Å². The lowest BCUT2D eigenvalue weighted by Gasteiger charge is -1.94. The van der Waals surface area contributed by atoms with E-state index >= 15 is 0 Å². The fourth-order valence-electron chi connectivity index (χ4n) is 0.954. The number of hydrogen-bond acceptors (Lipinski definition) is 6. The average molecular weight is 215 g/mol. The van der Waals surface area contributed by atoms with Crippen molar-refractivity contribution in [1.82, 2.24) is 19.6 Å². The number of hydrogen-bond donors (Lipinski definition) is 1. The second kappa shape index (κ2) is 2.77. The molecule has 72 valence electrons. The summed E-state index contributed by atoms with van der Waals surface area (Å²) in [5, 5.41) is 17.4. The minimum Gasteiger partial charge on any atom is -0.368 e. The van der Waals surface area contributed by atoms with Gasteiger partial charge in [-0.2, -0.15) is 0 Å². The maximum absolute atomic E-state index is 10.4. The first-order valence-corrected chi connectivity index (χ1v) is 3.78. The van der Waals surface area contributed by atoms with Crippen LogP contribution in [-0.2, 0) is 0 Å². The fraction of sp³-hybridized carbons (Fsp3) is 0. The van der Waals surface area contributed by atoms with E-state index < -0.39 is 10.7 Å². The van der Waals surface area contributed by atoms with Crippen molar-refractivity contribution in [3.05, 3.63) is 21.5 Å². The molecule has 0 aliphatic carbocycles. The number of anilines is 1. The SMILES string of the molecule is Nc1nnc2c(Cl)nc([N+](=O)[O-])cn12. The van der Waals surface area contributed by atoms with Crippen LogP contribution in [0.15, 0.2) is 6.20 Å². The molecule has 2 aromatic heterocycles. The summed E-state index contributed by atoms with van der Waals surface area (Å²) in [5.41, 5.74) is 5.58. The summed E-state index contributed by atoms with van der Waals surface area (Å²) < 4.78 is 1.20.